The lowest BCUT2D eigenvalue weighted by atomic mass is 9.82. The fourth-order valence-corrected chi connectivity index (χ4v) is 4.10. The molecule has 2 heterocycles. The number of ether oxygens (including phenoxy) is 2. The number of nitrogens with zero attached hydrogens (tertiary/aromatic N) is 1. The lowest BCUT2D eigenvalue weighted by Crippen LogP contribution is -2.27. The van der Waals surface area contributed by atoms with Gasteiger partial charge in [0.2, 0.25) is 11.3 Å². The van der Waals surface area contributed by atoms with E-state index in [9.17, 15) is 10.1 Å². The zero-order valence-corrected chi connectivity index (χ0v) is 18.0. The number of hydrogen-bond acceptors (Lipinski definition) is 6. The average Bonchev–Trinajstić information content (AvgIpc) is 2.83. The van der Waals surface area contributed by atoms with E-state index in [1.54, 1.807) is 48.5 Å². The number of allylic oxidation sites excluding steroid dienone is 1. The number of para-hydroxylation sites is 1. The molecule has 1 aliphatic heterocycles. The third-order valence-corrected chi connectivity index (χ3v) is 5.79. The number of nitriles is 1. The first kappa shape index (κ1) is 20.7. The lowest BCUT2D eigenvalue weighted by Gasteiger charge is -2.26. The summed E-state index contributed by atoms with van der Waals surface area (Å²) in [4.78, 5) is 13.5. The van der Waals surface area contributed by atoms with Crippen LogP contribution in [0.2, 0.25) is 5.02 Å². The van der Waals surface area contributed by atoms with Gasteiger partial charge in [0.15, 0.2) is 0 Å². The van der Waals surface area contributed by atoms with Crippen molar-refractivity contribution in [1.29, 1.82) is 5.26 Å². The molecular formula is C26H17ClN2O4. The van der Waals surface area contributed by atoms with Crippen molar-refractivity contribution in [2.75, 3.05) is 0 Å². The van der Waals surface area contributed by atoms with Crippen molar-refractivity contribution in [3.05, 3.63) is 116 Å². The summed E-state index contributed by atoms with van der Waals surface area (Å²) in [6.07, 6.45) is 0. The second kappa shape index (κ2) is 8.38. The van der Waals surface area contributed by atoms with Crippen molar-refractivity contribution in [1.82, 2.24) is 0 Å². The van der Waals surface area contributed by atoms with Gasteiger partial charge in [0.05, 0.1) is 16.9 Å². The summed E-state index contributed by atoms with van der Waals surface area (Å²) in [6, 6.07) is 23.5. The highest BCUT2D eigenvalue weighted by molar-refractivity contribution is 6.30. The Labute approximate surface area is 194 Å². The van der Waals surface area contributed by atoms with Crippen molar-refractivity contribution in [3.63, 3.8) is 0 Å². The van der Waals surface area contributed by atoms with E-state index in [0.717, 1.165) is 5.56 Å². The maximum Gasteiger partial charge on any atom is 0.300 e. The standard InChI is InChI=1S/C26H17ClN2O4/c27-16-9-11-17(12-10-16)31-14-15-5-1-2-6-18(15)22-20(13-28)25(29)33-26-23(22)24(30)19-7-3-4-8-21(19)32-26/h1-12,22H,14,29H2/t22-/m0/s1. The van der Waals surface area contributed by atoms with E-state index in [1.807, 2.05) is 24.3 Å². The predicted octanol–water partition coefficient (Wildman–Crippen LogP) is 5.24. The Kier molecular flexibility index (Phi) is 5.25. The first-order chi connectivity index (χ1) is 16.1. The van der Waals surface area contributed by atoms with Crippen LogP contribution < -0.4 is 20.6 Å². The van der Waals surface area contributed by atoms with E-state index >= 15 is 0 Å². The Morgan fingerprint density at radius 3 is 2.55 bits per heavy atom. The van der Waals surface area contributed by atoms with Gasteiger partial charge in [-0.05, 0) is 47.5 Å². The maximum absolute atomic E-state index is 13.5. The highest BCUT2D eigenvalue weighted by Gasteiger charge is 2.36. The molecule has 5 rings (SSSR count). The summed E-state index contributed by atoms with van der Waals surface area (Å²) >= 11 is 5.95. The first-order valence-electron chi connectivity index (χ1n) is 10.2. The SMILES string of the molecule is N#CC1=C(N)Oc2oc3ccccc3c(=O)c2[C@H]1c1ccccc1COc1ccc(Cl)cc1. The van der Waals surface area contributed by atoms with Gasteiger partial charge in [-0.2, -0.15) is 5.26 Å². The number of rotatable bonds is 4. The number of nitrogens with two attached hydrogens (primary N) is 1. The number of benzene rings is 3. The normalized spacial score (nSPS) is 15.0. The number of halogens is 1. The first-order valence-corrected chi connectivity index (χ1v) is 10.5. The highest BCUT2D eigenvalue weighted by Crippen LogP contribution is 2.42. The maximum atomic E-state index is 13.5. The molecule has 0 radical (unpaired) electrons. The van der Waals surface area contributed by atoms with E-state index in [0.29, 0.717) is 27.3 Å². The number of hydrogen-bond donors (Lipinski definition) is 1. The summed E-state index contributed by atoms with van der Waals surface area (Å²) in [5.74, 6) is -0.220. The van der Waals surface area contributed by atoms with Crippen LogP contribution >= 0.6 is 11.6 Å². The fraction of sp³-hybridized carbons (Fsp3) is 0.0769. The number of fused-ring (bicyclic) bond motifs is 2. The average molecular weight is 457 g/mol. The van der Waals surface area contributed by atoms with Crippen LogP contribution in [0.15, 0.2) is 93.5 Å². The third kappa shape index (κ3) is 3.69. The van der Waals surface area contributed by atoms with Gasteiger partial charge in [-0.15, -0.1) is 0 Å². The molecule has 0 amide bonds. The van der Waals surface area contributed by atoms with Gasteiger partial charge in [-0.1, -0.05) is 48.0 Å². The van der Waals surface area contributed by atoms with Gasteiger partial charge in [-0.25, -0.2) is 0 Å². The van der Waals surface area contributed by atoms with Crippen LogP contribution in [0, 0.1) is 11.3 Å². The van der Waals surface area contributed by atoms with Crippen LogP contribution in [0.1, 0.15) is 22.6 Å². The van der Waals surface area contributed by atoms with E-state index < -0.39 is 5.92 Å². The molecule has 0 saturated carbocycles. The van der Waals surface area contributed by atoms with Gasteiger partial charge in [0.25, 0.3) is 5.95 Å². The molecule has 1 atom stereocenters. The smallest absolute Gasteiger partial charge is 0.300 e. The van der Waals surface area contributed by atoms with Crippen molar-refractivity contribution < 1.29 is 13.9 Å². The molecule has 0 bridgehead atoms. The Morgan fingerprint density at radius 2 is 1.76 bits per heavy atom. The zero-order valence-electron chi connectivity index (χ0n) is 17.2. The highest BCUT2D eigenvalue weighted by atomic mass is 35.5. The molecule has 0 saturated heterocycles. The molecular weight excluding hydrogens is 440 g/mol. The van der Waals surface area contributed by atoms with Crippen molar-refractivity contribution in [2.24, 2.45) is 5.73 Å². The third-order valence-electron chi connectivity index (χ3n) is 5.54. The molecule has 0 fully saturated rings. The minimum absolute atomic E-state index is 0.00590. The largest absolute Gasteiger partial charge is 0.489 e. The molecule has 162 valence electrons. The van der Waals surface area contributed by atoms with Gasteiger partial charge in [0, 0.05) is 5.02 Å². The summed E-state index contributed by atoms with van der Waals surface area (Å²) in [6.45, 7) is 0.210. The second-order valence-electron chi connectivity index (χ2n) is 7.49. The minimum Gasteiger partial charge on any atom is -0.489 e. The second-order valence-corrected chi connectivity index (χ2v) is 7.93. The summed E-state index contributed by atoms with van der Waals surface area (Å²) in [5, 5.41) is 10.9. The molecule has 0 unspecified atom stereocenters. The minimum atomic E-state index is -0.760. The van der Waals surface area contributed by atoms with Crippen molar-refractivity contribution in [2.45, 2.75) is 12.5 Å². The van der Waals surface area contributed by atoms with Crippen molar-refractivity contribution >= 4 is 22.6 Å². The molecule has 0 spiro atoms. The van der Waals surface area contributed by atoms with Crippen molar-refractivity contribution in [3.8, 4) is 17.8 Å². The molecule has 6 nitrogen and oxygen atoms in total. The van der Waals surface area contributed by atoms with Crippen LogP contribution in [0.5, 0.6) is 11.7 Å². The quantitative estimate of drug-likeness (QED) is 0.450. The molecule has 3 aromatic carbocycles. The van der Waals surface area contributed by atoms with Gasteiger partial charge in [0.1, 0.15) is 29.6 Å². The zero-order chi connectivity index (χ0) is 22.9. The van der Waals surface area contributed by atoms with Crippen LogP contribution in [-0.2, 0) is 6.61 Å². The van der Waals surface area contributed by atoms with Crippen LogP contribution in [-0.4, -0.2) is 0 Å². The van der Waals surface area contributed by atoms with Gasteiger partial charge < -0.3 is 19.6 Å². The topological polar surface area (TPSA) is 98.5 Å². The van der Waals surface area contributed by atoms with E-state index in [-0.39, 0.29) is 35.0 Å². The molecule has 7 heteroatoms. The Balaban J connectivity index is 1.65. The van der Waals surface area contributed by atoms with E-state index in [1.165, 1.54) is 0 Å². The fourth-order valence-electron chi connectivity index (χ4n) is 3.97. The van der Waals surface area contributed by atoms with E-state index in [2.05, 4.69) is 6.07 Å². The van der Waals surface area contributed by atoms with Crippen LogP contribution in [0.4, 0.5) is 0 Å². The Morgan fingerprint density at radius 1 is 1.03 bits per heavy atom. The predicted molar refractivity (Wildman–Crippen MR) is 124 cm³/mol. The van der Waals surface area contributed by atoms with Crippen LogP contribution in [0.3, 0.4) is 0 Å². The summed E-state index contributed by atoms with van der Waals surface area (Å²) in [5.41, 5.74) is 8.07. The summed E-state index contributed by atoms with van der Waals surface area (Å²) in [7, 11) is 0. The molecule has 33 heavy (non-hydrogen) atoms. The molecule has 2 N–H and O–H groups in total. The van der Waals surface area contributed by atoms with Gasteiger partial charge >= 0.3 is 0 Å². The van der Waals surface area contributed by atoms with Gasteiger partial charge in [-0.3, -0.25) is 4.79 Å². The molecule has 1 aromatic heterocycles. The van der Waals surface area contributed by atoms with E-state index in [4.69, 9.17) is 31.2 Å². The monoisotopic (exact) mass is 456 g/mol. The van der Waals surface area contributed by atoms with Crippen LogP contribution in [0.25, 0.3) is 11.0 Å². The molecule has 0 aliphatic carbocycles. The lowest BCUT2D eigenvalue weighted by molar-refractivity contribution is 0.292. The summed E-state index contributed by atoms with van der Waals surface area (Å²) < 4.78 is 17.4. The molecule has 1 aliphatic rings. The Bertz CT molecular complexity index is 1500. The molecule has 4 aromatic rings. The Hall–Kier alpha value is -4.21.